The molecule has 0 amide bonds. The lowest BCUT2D eigenvalue weighted by atomic mass is 10.1. The van der Waals surface area contributed by atoms with Crippen molar-refractivity contribution in [3.63, 3.8) is 0 Å². The minimum atomic E-state index is 0.519. The van der Waals surface area contributed by atoms with Gasteiger partial charge in [0.2, 0.25) is 0 Å². The SMILES string of the molecule is CC1CCCCCN1c1cc(Br)ccc1C=O. The predicted molar refractivity (Wildman–Crippen MR) is 74.8 cm³/mol. The molecule has 17 heavy (non-hydrogen) atoms. The average Bonchev–Trinajstić information content (AvgIpc) is 2.54. The van der Waals surface area contributed by atoms with Crippen LogP contribution < -0.4 is 4.90 Å². The third-order valence-corrected chi connectivity index (χ3v) is 3.98. The summed E-state index contributed by atoms with van der Waals surface area (Å²) in [5, 5.41) is 0. The Balaban J connectivity index is 2.36. The number of anilines is 1. The van der Waals surface area contributed by atoms with Crippen LogP contribution in [0.3, 0.4) is 0 Å². The summed E-state index contributed by atoms with van der Waals surface area (Å²) >= 11 is 3.49. The molecule has 0 saturated carbocycles. The van der Waals surface area contributed by atoms with Crippen molar-refractivity contribution < 1.29 is 4.79 Å². The highest BCUT2D eigenvalue weighted by molar-refractivity contribution is 9.10. The first-order valence-corrected chi connectivity index (χ1v) is 7.03. The number of benzene rings is 1. The number of nitrogens with zero attached hydrogens (tertiary/aromatic N) is 1. The molecule has 1 aromatic rings. The third-order valence-electron chi connectivity index (χ3n) is 3.48. The summed E-state index contributed by atoms with van der Waals surface area (Å²) in [6.07, 6.45) is 5.98. The molecular formula is C14H18BrNO. The zero-order chi connectivity index (χ0) is 12.3. The molecule has 92 valence electrons. The van der Waals surface area contributed by atoms with E-state index in [4.69, 9.17) is 0 Å². The van der Waals surface area contributed by atoms with Crippen LogP contribution in [0.2, 0.25) is 0 Å². The molecule has 0 aromatic heterocycles. The van der Waals surface area contributed by atoms with Gasteiger partial charge in [0, 0.05) is 28.3 Å². The Labute approximate surface area is 111 Å². The van der Waals surface area contributed by atoms with Crippen LogP contribution in [0.15, 0.2) is 22.7 Å². The van der Waals surface area contributed by atoms with Crippen molar-refractivity contribution in [1.82, 2.24) is 0 Å². The second-order valence-corrected chi connectivity index (χ2v) is 5.63. The van der Waals surface area contributed by atoms with Gasteiger partial charge in [-0.2, -0.15) is 0 Å². The van der Waals surface area contributed by atoms with Gasteiger partial charge in [-0.15, -0.1) is 0 Å². The van der Waals surface area contributed by atoms with Gasteiger partial charge < -0.3 is 4.90 Å². The van der Waals surface area contributed by atoms with E-state index in [0.717, 1.165) is 28.6 Å². The molecule has 1 atom stereocenters. The summed E-state index contributed by atoms with van der Waals surface area (Å²) in [5.74, 6) is 0. The fourth-order valence-electron chi connectivity index (χ4n) is 2.50. The number of rotatable bonds is 2. The van der Waals surface area contributed by atoms with Crippen LogP contribution in [-0.2, 0) is 0 Å². The van der Waals surface area contributed by atoms with E-state index in [1.54, 1.807) is 0 Å². The van der Waals surface area contributed by atoms with Gasteiger partial charge in [0.05, 0.1) is 0 Å². The summed E-state index contributed by atoms with van der Waals surface area (Å²) in [7, 11) is 0. The first-order valence-electron chi connectivity index (χ1n) is 6.24. The normalized spacial score (nSPS) is 21.1. The van der Waals surface area contributed by atoms with Crippen molar-refractivity contribution in [1.29, 1.82) is 0 Å². The maximum atomic E-state index is 11.1. The van der Waals surface area contributed by atoms with Crippen molar-refractivity contribution >= 4 is 27.9 Å². The molecule has 0 bridgehead atoms. The molecular weight excluding hydrogens is 278 g/mol. The average molecular weight is 296 g/mol. The summed E-state index contributed by atoms with van der Waals surface area (Å²) in [4.78, 5) is 13.5. The van der Waals surface area contributed by atoms with Gasteiger partial charge in [-0.3, -0.25) is 4.79 Å². The minimum Gasteiger partial charge on any atom is -0.368 e. The lowest BCUT2D eigenvalue weighted by Gasteiger charge is -2.30. The Morgan fingerprint density at radius 3 is 2.94 bits per heavy atom. The van der Waals surface area contributed by atoms with E-state index >= 15 is 0 Å². The largest absolute Gasteiger partial charge is 0.368 e. The first kappa shape index (κ1) is 12.6. The Morgan fingerprint density at radius 1 is 1.35 bits per heavy atom. The topological polar surface area (TPSA) is 20.3 Å². The molecule has 1 saturated heterocycles. The van der Waals surface area contributed by atoms with Gasteiger partial charge >= 0.3 is 0 Å². The van der Waals surface area contributed by atoms with E-state index in [0.29, 0.717) is 6.04 Å². The molecule has 1 fully saturated rings. The molecule has 0 radical (unpaired) electrons. The van der Waals surface area contributed by atoms with Crippen molar-refractivity contribution in [2.75, 3.05) is 11.4 Å². The quantitative estimate of drug-likeness (QED) is 0.768. The highest BCUT2D eigenvalue weighted by atomic mass is 79.9. The standard InChI is InChI=1S/C14H18BrNO/c1-11-5-3-2-4-8-16(11)14-9-13(15)7-6-12(14)10-17/h6-7,9-11H,2-5,8H2,1H3. The molecule has 1 unspecified atom stereocenters. The Bertz CT molecular complexity index is 405. The van der Waals surface area contributed by atoms with E-state index in [-0.39, 0.29) is 0 Å². The van der Waals surface area contributed by atoms with Gasteiger partial charge in [0.15, 0.2) is 6.29 Å². The number of carbonyl (C=O) groups excluding carboxylic acids is 1. The van der Waals surface area contributed by atoms with Crippen LogP contribution in [0.25, 0.3) is 0 Å². The van der Waals surface area contributed by atoms with Crippen LogP contribution in [0.4, 0.5) is 5.69 Å². The van der Waals surface area contributed by atoms with Gasteiger partial charge in [0.25, 0.3) is 0 Å². The van der Waals surface area contributed by atoms with E-state index in [1.165, 1.54) is 25.7 Å². The molecule has 0 spiro atoms. The first-order chi connectivity index (χ1) is 8.22. The van der Waals surface area contributed by atoms with E-state index in [9.17, 15) is 4.79 Å². The summed E-state index contributed by atoms with van der Waals surface area (Å²) in [5.41, 5.74) is 1.87. The molecule has 2 nitrogen and oxygen atoms in total. The fourth-order valence-corrected chi connectivity index (χ4v) is 2.85. The number of halogens is 1. The van der Waals surface area contributed by atoms with E-state index in [2.05, 4.69) is 33.8 Å². The van der Waals surface area contributed by atoms with Gasteiger partial charge in [-0.1, -0.05) is 28.8 Å². The number of aldehydes is 1. The number of hydrogen-bond acceptors (Lipinski definition) is 2. The van der Waals surface area contributed by atoms with Gasteiger partial charge in [0.1, 0.15) is 0 Å². The summed E-state index contributed by atoms with van der Waals surface area (Å²) in [6.45, 7) is 3.30. The third kappa shape index (κ3) is 2.89. The highest BCUT2D eigenvalue weighted by Gasteiger charge is 2.19. The van der Waals surface area contributed by atoms with Crippen molar-refractivity contribution in [3.8, 4) is 0 Å². The highest BCUT2D eigenvalue weighted by Crippen LogP contribution is 2.29. The van der Waals surface area contributed by atoms with Crippen molar-refractivity contribution in [3.05, 3.63) is 28.2 Å². The number of carbonyl (C=O) groups is 1. The van der Waals surface area contributed by atoms with E-state index in [1.807, 2.05) is 12.1 Å². The fraction of sp³-hybridized carbons (Fsp3) is 0.500. The van der Waals surface area contributed by atoms with Gasteiger partial charge in [-0.25, -0.2) is 0 Å². The maximum Gasteiger partial charge on any atom is 0.152 e. The Hall–Kier alpha value is -0.830. The Morgan fingerprint density at radius 2 is 2.18 bits per heavy atom. The van der Waals surface area contributed by atoms with Crippen LogP contribution >= 0.6 is 15.9 Å². The van der Waals surface area contributed by atoms with Crippen LogP contribution in [0.1, 0.15) is 43.0 Å². The molecule has 0 aliphatic carbocycles. The van der Waals surface area contributed by atoms with E-state index < -0.39 is 0 Å². The van der Waals surface area contributed by atoms with Crippen molar-refractivity contribution in [2.45, 2.75) is 38.6 Å². The lowest BCUT2D eigenvalue weighted by molar-refractivity contribution is 0.112. The smallest absolute Gasteiger partial charge is 0.152 e. The van der Waals surface area contributed by atoms with Crippen LogP contribution in [0.5, 0.6) is 0 Å². The van der Waals surface area contributed by atoms with Crippen LogP contribution in [0, 0.1) is 0 Å². The molecule has 1 heterocycles. The molecule has 1 aliphatic heterocycles. The second-order valence-electron chi connectivity index (χ2n) is 4.71. The molecule has 0 N–H and O–H groups in total. The molecule has 2 rings (SSSR count). The molecule has 1 aliphatic rings. The maximum absolute atomic E-state index is 11.1. The number of hydrogen-bond donors (Lipinski definition) is 0. The van der Waals surface area contributed by atoms with Crippen molar-refractivity contribution in [2.24, 2.45) is 0 Å². The van der Waals surface area contributed by atoms with Crippen LogP contribution in [-0.4, -0.2) is 18.9 Å². The van der Waals surface area contributed by atoms with Gasteiger partial charge in [-0.05, 0) is 38.0 Å². The molecule has 1 aromatic carbocycles. The summed E-state index contributed by atoms with van der Waals surface area (Å²) in [6, 6.07) is 6.40. The monoisotopic (exact) mass is 295 g/mol. The zero-order valence-electron chi connectivity index (χ0n) is 10.2. The second kappa shape index (κ2) is 5.67. The lowest BCUT2D eigenvalue weighted by Crippen LogP contribution is -2.33. The Kier molecular flexibility index (Phi) is 4.21. The zero-order valence-corrected chi connectivity index (χ0v) is 11.7. The predicted octanol–water partition coefficient (Wildman–Crippen LogP) is 4.03. The molecule has 3 heteroatoms. The summed E-state index contributed by atoms with van der Waals surface area (Å²) < 4.78 is 1.04. The minimum absolute atomic E-state index is 0.519.